The van der Waals surface area contributed by atoms with E-state index in [4.69, 9.17) is 10.3 Å². The van der Waals surface area contributed by atoms with Gasteiger partial charge in [0.15, 0.2) is 0 Å². The Bertz CT molecular complexity index is 351. The monoisotopic (exact) mass is 226 g/mol. The van der Waals surface area contributed by atoms with Crippen LogP contribution in [0.25, 0.3) is 0 Å². The number of aromatic nitrogens is 2. The van der Waals surface area contributed by atoms with Crippen LogP contribution in [0.3, 0.4) is 0 Å². The zero-order valence-electron chi connectivity index (χ0n) is 11.0. The van der Waals surface area contributed by atoms with Crippen LogP contribution in [0.15, 0.2) is 4.52 Å². The van der Waals surface area contributed by atoms with Crippen molar-refractivity contribution in [2.45, 2.75) is 45.6 Å². The fraction of sp³-hybridized carbons (Fsp3) is 0.818. The number of hydrogen-bond donors (Lipinski definition) is 1. The van der Waals surface area contributed by atoms with Gasteiger partial charge in [-0.05, 0) is 39.8 Å². The Morgan fingerprint density at radius 1 is 1.31 bits per heavy atom. The van der Waals surface area contributed by atoms with Crippen molar-refractivity contribution in [2.75, 3.05) is 18.5 Å². The molecule has 0 saturated carbocycles. The Kier molecular flexibility index (Phi) is 3.28. The molecule has 0 aliphatic heterocycles. The van der Waals surface area contributed by atoms with Crippen LogP contribution in [0, 0.1) is 0 Å². The highest BCUT2D eigenvalue weighted by atomic mass is 16.5. The van der Waals surface area contributed by atoms with Gasteiger partial charge >= 0.3 is 0 Å². The van der Waals surface area contributed by atoms with E-state index >= 15 is 0 Å². The van der Waals surface area contributed by atoms with Crippen molar-refractivity contribution < 1.29 is 4.52 Å². The van der Waals surface area contributed by atoms with Crippen molar-refractivity contribution in [3.63, 3.8) is 0 Å². The van der Waals surface area contributed by atoms with Gasteiger partial charge in [-0.1, -0.05) is 0 Å². The first-order valence-electron chi connectivity index (χ1n) is 5.54. The summed E-state index contributed by atoms with van der Waals surface area (Å²) in [6, 6.07) is 0. The summed E-state index contributed by atoms with van der Waals surface area (Å²) in [5.41, 5.74) is 5.35. The van der Waals surface area contributed by atoms with Crippen LogP contribution in [-0.4, -0.2) is 29.3 Å². The van der Waals surface area contributed by atoms with E-state index < -0.39 is 5.54 Å². The number of hydrogen-bond acceptors (Lipinski definition) is 5. The molecule has 0 amide bonds. The molecule has 0 bridgehead atoms. The zero-order valence-corrected chi connectivity index (χ0v) is 11.0. The third-order valence-electron chi connectivity index (χ3n) is 3.38. The molecule has 0 aromatic carbocycles. The maximum atomic E-state index is 6.12. The lowest BCUT2D eigenvalue weighted by Gasteiger charge is -2.34. The van der Waals surface area contributed by atoms with Crippen LogP contribution in [-0.2, 0) is 5.41 Å². The molecule has 0 saturated heterocycles. The van der Waals surface area contributed by atoms with Crippen molar-refractivity contribution in [3.05, 3.63) is 5.89 Å². The molecule has 0 aliphatic rings. The molecule has 0 fully saturated rings. The summed E-state index contributed by atoms with van der Waals surface area (Å²) in [4.78, 5) is 6.31. The van der Waals surface area contributed by atoms with Crippen LogP contribution >= 0.6 is 0 Å². The Labute approximate surface area is 97.0 Å². The Hall–Kier alpha value is -1.10. The van der Waals surface area contributed by atoms with Gasteiger partial charge < -0.3 is 15.2 Å². The highest BCUT2D eigenvalue weighted by Gasteiger charge is 2.40. The highest BCUT2D eigenvalue weighted by Crippen LogP contribution is 2.32. The normalized spacial score (nSPS) is 12.9. The second-order valence-corrected chi connectivity index (χ2v) is 5.26. The molecule has 1 aromatic rings. The van der Waals surface area contributed by atoms with Crippen LogP contribution in [0.1, 0.15) is 40.5 Å². The average Bonchev–Trinajstić information content (AvgIpc) is 2.64. The Morgan fingerprint density at radius 2 is 1.88 bits per heavy atom. The minimum absolute atomic E-state index is 0.354. The lowest BCUT2D eigenvalue weighted by Crippen LogP contribution is -2.50. The summed E-state index contributed by atoms with van der Waals surface area (Å²) in [7, 11) is 1.93. The molecule has 5 heteroatoms. The van der Waals surface area contributed by atoms with Crippen LogP contribution in [0.2, 0.25) is 0 Å². The van der Waals surface area contributed by atoms with Gasteiger partial charge in [0.05, 0.1) is 5.41 Å². The molecular formula is C11H22N4O. The predicted octanol–water partition coefficient (Wildman–Crippen LogP) is 1.54. The smallest absolute Gasteiger partial charge is 0.265 e. The van der Waals surface area contributed by atoms with Crippen molar-refractivity contribution >= 4 is 5.95 Å². The van der Waals surface area contributed by atoms with Crippen molar-refractivity contribution in [3.8, 4) is 0 Å². The second-order valence-electron chi connectivity index (χ2n) is 5.26. The largest absolute Gasteiger partial charge is 0.342 e. The number of nitrogens with zero attached hydrogens (tertiary/aromatic N) is 3. The van der Waals surface area contributed by atoms with E-state index in [1.807, 2.05) is 46.6 Å². The van der Waals surface area contributed by atoms with E-state index in [2.05, 4.69) is 10.1 Å². The molecule has 1 aromatic heterocycles. The number of nitrogens with two attached hydrogens (primary N) is 1. The summed E-state index contributed by atoms with van der Waals surface area (Å²) in [6.07, 6.45) is 0. The molecule has 0 radical (unpaired) electrons. The fourth-order valence-corrected chi connectivity index (χ4v) is 1.04. The van der Waals surface area contributed by atoms with E-state index in [0.29, 0.717) is 11.8 Å². The molecule has 2 N–H and O–H groups in total. The summed E-state index contributed by atoms with van der Waals surface area (Å²) in [5.74, 6) is 1.19. The average molecular weight is 226 g/mol. The molecule has 1 rings (SSSR count). The number of anilines is 1. The van der Waals surface area contributed by atoms with E-state index in [-0.39, 0.29) is 5.41 Å². The summed E-state index contributed by atoms with van der Waals surface area (Å²) in [6.45, 7) is 10.8. The zero-order chi connectivity index (χ0) is 12.6. The first-order chi connectivity index (χ1) is 7.20. The van der Waals surface area contributed by atoms with Crippen LogP contribution in [0.5, 0.6) is 0 Å². The summed E-state index contributed by atoms with van der Waals surface area (Å²) in [5, 5.41) is 3.95. The lowest BCUT2D eigenvalue weighted by molar-refractivity contribution is 0.223. The van der Waals surface area contributed by atoms with Crippen LogP contribution in [0.4, 0.5) is 5.95 Å². The van der Waals surface area contributed by atoms with Gasteiger partial charge in [0.25, 0.3) is 5.95 Å². The van der Waals surface area contributed by atoms with Crippen molar-refractivity contribution in [2.24, 2.45) is 5.73 Å². The third kappa shape index (κ3) is 2.19. The highest BCUT2D eigenvalue weighted by molar-refractivity contribution is 5.27. The third-order valence-corrected chi connectivity index (χ3v) is 3.38. The van der Waals surface area contributed by atoms with Crippen molar-refractivity contribution in [1.82, 2.24) is 10.1 Å². The van der Waals surface area contributed by atoms with Gasteiger partial charge in [-0.25, -0.2) is 0 Å². The second kappa shape index (κ2) is 4.05. The maximum absolute atomic E-state index is 6.12. The van der Waals surface area contributed by atoms with E-state index in [1.54, 1.807) is 0 Å². The molecular weight excluding hydrogens is 204 g/mol. The fourth-order valence-electron chi connectivity index (χ4n) is 1.04. The molecule has 1 heterocycles. The molecule has 0 unspecified atom stereocenters. The van der Waals surface area contributed by atoms with E-state index in [1.165, 1.54) is 0 Å². The van der Waals surface area contributed by atoms with Gasteiger partial charge in [-0.2, -0.15) is 4.98 Å². The van der Waals surface area contributed by atoms with E-state index in [9.17, 15) is 0 Å². The van der Waals surface area contributed by atoms with Gasteiger partial charge in [0.2, 0.25) is 5.89 Å². The standard InChI is InChI=1S/C11H22N4O/c1-7-15(6)9-13-8(16-14-9)10(2,3)11(4,5)12/h7,12H2,1-6H3. The molecule has 5 nitrogen and oxygen atoms in total. The Balaban J connectivity index is 3.02. The molecule has 92 valence electrons. The topological polar surface area (TPSA) is 68.2 Å². The van der Waals surface area contributed by atoms with Gasteiger partial charge in [0, 0.05) is 19.1 Å². The minimum Gasteiger partial charge on any atom is -0.342 e. The van der Waals surface area contributed by atoms with E-state index in [0.717, 1.165) is 6.54 Å². The van der Waals surface area contributed by atoms with Crippen LogP contribution < -0.4 is 10.6 Å². The first kappa shape index (κ1) is 13.0. The predicted molar refractivity (Wildman–Crippen MR) is 64.5 cm³/mol. The number of rotatable bonds is 4. The summed E-state index contributed by atoms with van der Waals surface area (Å²) >= 11 is 0. The van der Waals surface area contributed by atoms with Crippen molar-refractivity contribution in [1.29, 1.82) is 0 Å². The SMILES string of the molecule is CCN(C)c1noc(C(C)(C)C(C)(C)N)n1. The molecule has 0 spiro atoms. The maximum Gasteiger partial charge on any atom is 0.265 e. The first-order valence-corrected chi connectivity index (χ1v) is 5.54. The minimum atomic E-state index is -0.415. The van der Waals surface area contributed by atoms with Gasteiger partial charge in [-0.15, -0.1) is 0 Å². The quantitative estimate of drug-likeness (QED) is 0.843. The molecule has 0 atom stereocenters. The molecule has 0 aliphatic carbocycles. The Morgan fingerprint density at radius 3 is 2.31 bits per heavy atom. The lowest BCUT2D eigenvalue weighted by atomic mass is 9.75. The summed E-state index contributed by atoms with van der Waals surface area (Å²) < 4.78 is 5.30. The molecule has 16 heavy (non-hydrogen) atoms. The van der Waals surface area contributed by atoms with Gasteiger partial charge in [-0.3, -0.25) is 0 Å². The van der Waals surface area contributed by atoms with Gasteiger partial charge in [0.1, 0.15) is 0 Å².